The van der Waals surface area contributed by atoms with Gasteiger partial charge in [0.05, 0.1) is 6.04 Å². The van der Waals surface area contributed by atoms with E-state index in [1.807, 2.05) is 30.3 Å². The first kappa shape index (κ1) is 8.04. The average Bonchev–Trinajstić information content (AvgIpc) is 2.15. The van der Waals surface area contributed by atoms with E-state index in [4.69, 9.17) is 0 Å². The molecule has 2 rings (SSSR count). The van der Waals surface area contributed by atoms with Crippen LogP contribution in [0.15, 0.2) is 30.3 Å². The summed E-state index contributed by atoms with van der Waals surface area (Å²) in [6.45, 7) is 0. The molecule has 62 valence electrons. The molecule has 12 heavy (non-hydrogen) atoms. The van der Waals surface area contributed by atoms with E-state index >= 15 is 0 Å². The van der Waals surface area contributed by atoms with Crippen molar-refractivity contribution in [3.63, 3.8) is 0 Å². The molecule has 0 aromatic heterocycles. The summed E-state index contributed by atoms with van der Waals surface area (Å²) in [6, 6.07) is 10.3. The number of rotatable bonds is 1. The van der Waals surface area contributed by atoms with E-state index in [1.165, 1.54) is 5.56 Å². The fourth-order valence-corrected chi connectivity index (χ4v) is 2.05. The van der Waals surface area contributed by atoms with Crippen molar-refractivity contribution in [2.75, 3.05) is 0 Å². The Kier molecular flexibility index (Phi) is 2.04. The molecule has 0 radical (unpaired) electrons. The van der Waals surface area contributed by atoms with Crippen molar-refractivity contribution in [3.05, 3.63) is 35.9 Å². The highest BCUT2D eigenvalue weighted by atomic mass is 127. The summed E-state index contributed by atoms with van der Waals surface area (Å²) >= 11 is 2.17. The van der Waals surface area contributed by atoms with Crippen molar-refractivity contribution in [1.29, 1.82) is 0 Å². The van der Waals surface area contributed by atoms with Crippen molar-refractivity contribution in [2.45, 2.75) is 9.97 Å². The van der Waals surface area contributed by atoms with Crippen LogP contribution >= 0.6 is 22.6 Å². The molecule has 1 N–H and O–H groups in total. The normalized spacial score (nSPS) is 27.6. The third-order valence-corrected chi connectivity index (χ3v) is 3.28. The maximum Gasteiger partial charge on any atom is 0.235 e. The van der Waals surface area contributed by atoms with Crippen molar-refractivity contribution in [3.8, 4) is 0 Å². The first-order valence-electron chi connectivity index (χ1n) is 3.78. The summed E-state index contributed by atoms with van der Waals surface area (Å²) in [5.41, 5.74) is 1.19. The number of hydrogen-bond acceptors (Lipinski definition) is 1. The Labute approximate surface area is 84.5 Å². The second-order valence-electron chi connectivity index (χ2n) is 2.80. The molecule has 3 heteroatoms. The zero-order chi connectivity index (χ0) is 8.55. The number of nitrogens with one attached hydrogen (secondary N) is 1. The predicted octanol–water partition coefficient (Wildman–Crippen LogP) is 1.66. The zero-order valence-corrected chi connectivity index (χ0v) is 8.49. The van der Waals surface area contributed by atoms with E-state index in [0.29, 0.717) is 0 Å². The quantitative estimate of drug-likeness (QED) is 0.470. The number of halogens is 1. The molecule has 1 fully saturated rings. The maximum absolute atomic E-state index is 10.9. The van der Waals surface area contributed by atoms with E-state index in [9.17, 15) is 4.79 Å². The second kappa shape index (κ2) is 3.05. The van der Waals surface area contributed by atoms with Gasteiger partial charge in [-0.15, -0.1) is 0 Å². The number of hydrogen-bond donors (Lipinski definition) is 1. The van der Waals surface area contributed by atoms with E-state index in [2.05, 4.69) is 27.9 Å². The molecular formula is C9H8INO. The van der Waals surface area contributed by atoms with Crippen molar-refractivity contribution < 1.29 is 4.79 Å². The van der Waals surface area contributed by atoms with Crippen LogP contribution in [0.3, 0.4) is 0 Å². The molecule has 1 saturated heterocycles. The molecular weight excluding hydrogens is 265 g/mol. The Hall–Kier alpha value is -0.580. The molecule has 1 heterocycles. The molecule has 1 aliphatic rings. The highest BCUT2D eigenvalue weighted by Crippen LogP contribution is 2.30. The maximum atomic E-state index is 10.9. The summed E-state index contributed by atoms with van der Waals surface area (Å²) in [6.07, 6.45) is 0. The summed E-state index contributed by atoms with van der Waals surface area (Å²) in [5, 5.41) is 2.86. The number of β-lactam (4-membered cyclic amide) rings is 1. The number of carbonyl (C=O) groups is 1. The second-order valence-corrected chi connectivity index (χ2v) is 4.14. The standard InChI is InChI=1S/C9H8INO/c10-7-8(11-9(7)12)6-4-2-1-3-5-6/h1-5,7-8H,(H,11,12)/t7-,8+/m1/s1. The van der Waals surface area contributed by atoms with Gasteiger partial charge >= 0.3 is 0 Å². The van der Waals surface area contributed by atoms with Crippen LogP contribution in [0.1, 0.15) is 11.6 Å². The third-order valence-electron chi connectivity index (χ3n) is 2.00. The lowest BCUT2D eigenvalue weighted by molar-refractivity contribution is -0.126. The number of benzene rings is 1. The number of alkyl halides is 1. The minimum atomic E-state index is 0.102. The smallest absolute Gasteiger partial charge is 0.235 e. The molecule has 1 amide bonds. The van der Waals surface area contributed by atoms with Gasteiger partial charge in [-0.25, -0.2) is 0 Å². The van der Waals surface area contributed by atoms with Crippen LogP contribution in [0.4, 0.5) is 0 Å². The van der Waals surface area contributed by atoms with Crippen LogP contribution in [0.25, 0.3) is 0 Å². The molecule has 2 nitrogen and oxygen atoms in total. The Morgan fingerprint density at radius 2 is 1.92 bits per heavy atom. The van der Waals surface area contributed by atoms with Gasteiger partial charge in [-0.3, -0.25) is 4.79 Å². The SMILES string of the molecule is O=C1N[C@@H](c2ccccc2)[C@H]1I. The molecule has 0 saturated carbocycles. The van der Waals surface area contributed by atoms with Gasteiger partial charge < -0.3 is 5.32 Å². The van der Waals surface area contributed by atoms with Crippen LogP contribution in [0.5, 0.6) is 0 Å². The first-order valence-corrected chi connectivity index (χ1v) is 5.03. The van der Waals surface area contributed by atoms with Gasteiger partial charge in [0.1, 0.15) is 3.92 Å². The predicted molar refractivity (Wildman–Crippen MR) is 55.1 cm³/mol. The monoisotopic (exact) mass is 273 g/mol. The first-order chi connectivity index (χ1) is 5.79. The van der Waals surface area contributed by atoms with Gasteiger partial charge in [0.15, 0.2) is 0 Å². The van der Waals surface area contributed by atoms with E-state index in [0.717, 1.165) is 0 Å². The largest absolute Gasteiger partial charge is 0.347 e. The Balaban J connectivity index is 2.18. The lowest BCUT2D eigenvalue weighted by Crippen LogP contribution is -2.52. The Bertz CT molecular complexity index is 299. The zero-order valence-electron chi connectivity index (χ0n) is 6.33. The average molecular weight is 273 g/mol. The minimum Gasteiger partial charge on any atom is -0.347 e. The van der Waals surface area contributed by atoms with Gasteiger partial charge in [-0.05, 0) is 5.56 Å². The lowest BCUT2D eigenvalue weighted by Gasteiger charge is -2.33. The Morgan fingerprint density at radius 1 is 1.25 bits per heavy atom. The van der Waals surface area contributed by atoms with Gasteiger partial charge in [0, 0.05) is 0 Å². The fraction of sp³-hybridized carbons (Fsp3) is 0.222. The van der Waals surface area contributed by atoms with Crippen LogP contribution in [-0.2, 0) is 4.79 Å². The van der Waals surface area contributed by atoms with Gasteiger partial charge in [-0.1, -0.05) is 52.9 Å². The fourth-order valence-electron chi connectivity index (χ4n) is 1.27. The summed E-state index contributed by atoms with van der Waals surface area (Å²) in [4.78, 5) is 10.9. The number of amides is 1. The highest BCUT2D eigenvalue weighted by Gasteiger charge is 2.37. The molecule has 1 aliphatic heterocycles. The molecule has 0 spiro atoms. The van der Waals surface area contributed by atoms with Crippen molar-refractivity contribution in [2.24, 2.45) is 0 Å². The summed E-state index contributed by atoms with van der Waals surface area (Å²) in [5.74, 6) is 0.143. The molecule has 0 unspecified atom stereocenters. The Morgan fingerprint density at radius 3 is 2.42 bits per heavy atom. The summed E-state index contributed by atoms with van der Waals surface area (Å²) in [7, 11) is 0. The highest BCUT2D eigenvalue weighted by molar-refractivity contribution is 14.1. The summed E-state index contributed by atoms with van der Waals surface area (Å²) < 4.78 is 0.102. The van der Waals surface area contributed by atoms with E-state index in [-0.39, 0.29) is 15.9 Å². The molecule has 1 aromatic carbocycles. The van der Waals surface area contributed by atoms with E-state index in [1.54, 1.807) is 0 Å². The topological polar surface area (TPSA) is 29.1 Å². The van der Waals surface area contributed by atoms with Gasteiger partial charge in [-0.2, -0.15) is 0 Å². The van der Waals surface area contributed by atoms with Crippen molar-refractivity contribution >= 4 is 28.5 Å². The van der Waals surface area contributed by atoms with Crippen molar-refractivity contribution in [1.82, 2.24) is 5.32 Å². The molecule has 0 bridgehead atoms. The lowest BCUT2D eigenvalue weighted by atomic mass is 9.97. The minimum absolute atomic E-state index is 0.102. The molecule has 0 aliphatic carbocycles. The van der Waals surface area contributed by atoms with Crippen LogP contribution in [0, 0.1) is 0 Å². The van der Waals surface area contributed by atoms with Crippen LogP contribution < -0.4 is 5.32 Å². The van der Waals surface area contributed by atoms with Crippen LogP contribution in [0.2, 0.25) is 0 Å². The third kappa shape index (κ3) is 1.22. The number of carbonyl (C=O) groups excluding carboxylic acids is 1. The van der Waals surface area contributed by atoms with Gasteiger partial charge in [0.25, 0.3) is 0 Å². The van der Waals surface area contributed by atoms with E-state index < -0.39 is 0 Å². The van der Waals surface area contributed by atoms with Crippen LogP contribution in [-0.4, -0.2) is 9.83 Å². The van der Waals surface area contributed by atoms with Gasteiger partial charge in [0.2, 0.25) is 5.91 Å². The molecule has 1 aromatic rings. The molecule has 2 atom stereocenters.